The van der Waals surface area contributed by atoms with E-state index in [2.05, 4.69) is 19.9 Å². The van der Waals surface area contributed by atoms with Crippen molar-refractivity contribution in [2.24, 2.45) is 5.92 Å². The first-order valence-corrected chi connectivity index (χ1v) is 7.06. The van der Waals surface area contributed by atoms with Crippen LogP contribution in [0.1, 0.15) is 78.1 Å². The maximum atomic E-state index is 2.63. The van der Waals surface area contributed by atoms with Gasteiger partial charge in [0.2, 0.25) is 0 Å². The first-order chi connectivity index (χ1) is 7.36. The zero-order chi connectivity index (χ0) is 10.9. The lowest BCUT2D eigenvalue weighted by Crippen LogP contribution is -1.92. The van der Waals surface area contributed by atoms with E-state index < -0.39 is 0 Å². The monoisotopic (exact) mass is 208 g/mol. The zero-order valence-electron chi connectivity index (χ0n) is 10.7. The maximum absolute atomic E-state index is 2.63. The minimum Gasteiger partial charge on any atom is -0.0822 e. The second-order valence-electron chi connectivity index (χ2n) is 5.08. The van der Waals surface area contributed by atoms with Crippen molar-refractivity contribution >= 4 is 0 Å². The van der Waals surface area contributed by atoms with E-state index in [1.165, 1.54) is 64.2 Å². The molecule has 0 spiro atoms. The van der Waals surface area contributed by atoms with E-state index in [1.807, 2.05) is 0 Å². The van der Waals surface area contributed by atoms with Crippen LogP contribution in [0.3, 0.4) is 0 Å². The fourth-order valence-corrected chi connectivity index (χ4v) is 2.67. The van der Waals surface area contributed by atoms with Crippen molar-refractivity contribution in [3.05, 3.63) is 11.6 Å². The number of allylic oxidation sites excluding steroid dienone is 2. The van der Waals surface area contributed by atoms with Crippen molar-refractivity contribution in [3.63, 3.8) is 0 Å². The van der Waals surface area contributed by atoms with Crippen molar-refractivity contribution in [1.82, 2.24) is 0 Å². The molecule has 0 aromatic heterocycles. The molecule has 0 nitrogen and oxygen atoms in total. The molecule has 0 heteroatoms. The Morgan fingerprint density at radius 1 is 1.00 bits per heavy atom. The number of hydrogen-bond acceptors (Lipinski definition) is 0. The van der Waals surface area contributed by atoms with Crippen LogP contribution in [0, 0.1) is 5.92 Å². The highest BCUT2D eigenvalue weighted by molar-refractivity contribution is 5.05. The molecule has 1 fully saturated rings. The van der Waals surface area contributed by atoms with Crippen LogP contribution in [0.2, 0.25) is 0 Å². The number of unbranched alkanes of at least 4 members (excludes halogenated alkanes) is 2. The van der Waals surface area contributed by atoms with Gasteiger partial charge in [0, 0.05) is 0 Å². The molecule has 1 aliphatic carbocycles. The van der Waals surface area contributed by atoms with Crippen LogP contribution in [-0.2, 0) is 0 Å². The van der Waals surface area contributed by atoms with E-state index in [9.17, 15) is 0 Å². The van der Waals surface area contributed by atoms with Gasteiger partial charge in [0.15, 0.2) is 0 Å². The minimum atomic E-state index is 0.938. The fraction of sp³-hybridized carbons (Fsp3) is 0.867. The minimum absolute atomic E-state index is 0.938. The van der Waals surface area contributed by atoms with Crippen LogP contribution in [-0.4, -0.2) is 0 Å². The van der Waals surface area contributed by atoms with Gasteiger partial charge in [-0.05, 0) is 38.0 Å². The predicted octanol–water partition coefficient (Wildman–Crippen LogP) is 5.48. The quantitative estimate of drug-likeness (QED) is 0.384. The van der Waals surface area contributed by atoms with E-state index in [1.54, 1.807) is 5.57 Å². The van der Waals surface area contributed by atoms with E-state index >= 15 is 0 Å². The van der Waals surface area contributed by atoms with E-state index in [4.69, 9.17) is 0 Å². The smallest absolute Gasteiger partial charge is 0.0231 e. The average molecular weight is 208 g/mol. The van der Waals surface area contributed by atoms with Crippen molar-refractivity contribution in [1.29, 1.82) is 0 Å². The molecule has 0 saturated heterocycles. The normalized spacial score (nSPS) is 18.7. The molecule has 88 valence electrons. The Morgan fingerprint density at radius 2 is 1.73 bits per heavy atom. The second kappa shape index (κ2) is 7.96. The SMILES string of the molecule is CCCCC/C(=C\C1CCCC1)CCC. The van der Waals surface area contributed by atoms with Crippen LogP contribution in [0.5, 0.6) is 0 Å². The van der Waals surface area contributed by atoms with Gasteiger partial charge in [0.1, 0.15) is 0 Å². The molecule has 1 rings (SSSR count). The van der Waals surface area contributed by atoms with Gasteiger partial charge in [-0.1, -0.05) is 57.6 Å². The van der Waals surface area contributed by atoms with Crippen LogP contribution < -0.4 is 0 Å². The molecule has 0 aromatic carbocycles. The summed E-state index contributed by atoms with van der Waals surface area (Å²) >= 11 is 0. The summed E-state index contributed by atoms with van der Waals surface area (Å²) in [5.41, 5.74) is 1.76. The van der Waals surface area contributed by atoms with Gasteiger partial charge >= 0.3 is 0 Å². The molecule has 0 aromatic rings. The Bertz CT molecular complexity index is 172. The Morgan fingerprint density at radius 3 is 2.33 bits per heavy atom. The summed E-state index contributed by atoms with van der Waals surface area (Å²) in [6.45, 7) is 4.60. The maximum Gasteiger partial charge on any atom is -0.0231 e. The molecule has 1 aliphatic rings. The molecular weight excluding hydrogens is 180 g/mol. The fourth-order valence-electron chi connectivity index (χ4n) is 2.67. The van der Waals surface area contributed by atoms with E-state index in [0.29, 0.717) is 0 Å². The Balaban J connectivity index is 2.33. The first kappa shape index (κ1) is 12.8. The van der Waals surface area contributed by atoms with Crippen LogP contribution in [0.25, 0.3) is 0 Å². The number of hydrogen-bond donors (Lipinski definition) is 0. The summed E-state index contributed by atoms with van der Waals surface area (Å²) in [5, 5.41) is 0. The molecule has 0 atom stereocenters. The summed E-state index contributed by atoms with van der Waals surface area (Å²) in [4.78, 5) is 0. The highest BCUT2D eigenvalue weighted by Gasteiger charge is 2.12. The molecular formula is C15H28. The lowest BCUT2D eigenvalue weighted by molar-refractivity contribution is 0.646. The molecule has 0 N–H and O–H groups in total. The lowest BCUT2D eigenvalue weighted by atomic mass is 9.97. The second-order valence-corrected chi connectivity index (χ2v) is 5.08. The first-order valence-electron chi connectivity index (χ1n) is 7.06. The van der Waals surface area contributed by atoms with Crippen LogP contribution in [0.15, 0.2) is 11.6 Å². The van der Waals surface area contributed by atoms with Gasteiger partial charge in [0.25, 0.3) is 0 Å². The van der Waals surface area contributed by atoms with E-state index in [0.717, 1.165) is 5.92 Å². The molecule has 0 radical (unpaired) electrons. The standard InChI is InChI=1S/C15H28/c1-3-5-6-10-14(9-4-2)13-15-11-7-8-12-15/h13,15H,3-12H2,1-2H3/b14-13-. The molecule has 0 heterocycles. The largest absolute Gasteiger partial charge is 0.0822 e. The Hall–Kier alpha value is -0.260. The molecule has 0 unspecified atom stereocenters. The van der Waals surface area contributed by atoms with Gasteiger partial charge in [-0.25, -0.2) is 0 Å². The third kappa shape index (κ3) is 5.39. The zero-order valence-corrected chi connectivity index (χ0v) is 10.7. The highest BCUT2D eigenvalue weighted by atomic mass is 14.2. The summed E-state index contributed by atoms with van der Waals surface area (Å²) in [6, 6.07) is 0. The van der Waals surface area contributed by atoms with Gasteiger partial charge < -0.3 is 0 Å². The van der Waals surface area contributed by atoms with Crippen LogP contribution in [0.4, 0.5) is 0 Å². The highest BCUT2D eigenvalue weighted by Crippen LogP contribution is 2.28. The third-order valence-corrected chi connectivity index (χ3v) is 3.54. The van der Waals surface area contributed by atoms with Crippen molar-refractivity contribution in [3.8, 4) is 0 Å². The van der Waals surface area contributed by atoms with Crippen LogP contribution >= 0.6 is 0 Å². The summed E-state index contributed by atoms with van der Waals surface area (Å²) < 4.78 is 0. The topological polar surface area (TPSA) is 0 Å². The van der Waals surface area contributed by atoms with Gasteiger partial charge in [-0.3, -0.25) is 0 Å². The van der Waals surface area contributed by atoms with Crippen molar-refractivity contribution < 1.29 is 0 Å². The van der Waals surface area contributed by atoms with Gasteiger partial charge in [-0.2, -0.15) is 0 Å². The summed E-state index contributed by atoms with van der Waals surface area (Å²) in [7, 11) is 0. The molecule has 0 bridgehead atoms. The Labute approximate surface area is 96.2 Å². The van der Waals surface area contributed by atoms with Gasteiger partial charge in [0.05, 0.1) is 0 Å². The van der Waals surface area contributed by atoms with Crippen molar-refractivity contribution in [2.45, 2.75) is 78.1 Å². The molecule has 15 heavy (non-hydrogen) atoms. The average Bonchev–Trinajstić information content (AvgIpc) is 2.71. The summed E-state index contributed by atoms with van der Waals surface area (Å²) in [6.07, 6.45) is 16.7. The lowest BCUT2D eigenvalue weighted by Gasteiger charge is -2.09. The van der Waals surface area contributed by atoms with Crippen molar-refractivity contribution in [2.75, 3.05) is 0 Å². The molecule has 1 saturated carbocycles. The summed E-state index contributed by atoms with van der Waals surface area (Å²) in [5.74, 6) is 0.938. The van der Waals surface area contributed by atoms with Gasteiger partial charge in [-0.15, -0.1) is 0 Å². The predicted molar refractivity (Wildman–Crippen MR) is 69.1 cm³/mol. The number of rotatable bonds is 7. The Kier molecular flexibility index (Phi) is 6.80. The van der Waals surface area contributed by atoms with E-state index in [-0.39, 0.29) is 0 Å². The third-order valence-electron chi connectivity index (χ3n) is 3.54. The molecule has 0 aliphatic heterocycles. The molecule has 0 amide bonds.